The summed E-state index contributed by atoms with van der Waals surface area (Å²) in [6, 6.07) is 2.71. The van der Waals surface area contributed by atoms with Crippen LogP contribution in [0.2, 0.25) is 0 Å². The number of nitriles is 1. The Morgan fingerprint density at radius 1 is 1.00 bits per heavy atom. The molecule has 0 aromatic heterocycles. The monoisotopic (exact) mass is 272 g/mol. The summed E-state index contributed by atoms with van der Waals surface area (Å²) in [5.41, 5.74) is 0. The summed E-state index contributed by atoms with van der Waals surface area (Å²) < 4.78 is 0. The van der Waals surface area contributed by atoms with Crippen molar-refractivity contribution in [3.63, 3.8) is 0 Å². The van der Waals surface area contributed by atoms with Crippen LogP contribution < -0.4 is 0 Å². The number of nitrogens with zero attached hydrogens (tertiary/aromatic N) is 2. The van der Waals surface area contributed by atoms with Crippen molar-refractivity contribution in [2.24, 2.45) is 29.6 Å². The van der Waals surface area contributed by atoms with Gasteiger partial charge in [0.15, 0.2) is 0 Å². The lowest BCUT2D eigenvalue weighted by atomic mass is 9.50. The van der Waals surface area contributed by atoms with Crippen LogP contribution in [0.5, 0.6) is 0 Å². The van der Waals surface area contributed by atoms with Crippen LogP contribution >= 0.6 is 0 Å². The Labute approximate surface area is 121 Å². The minimum absolute atomic E-state index is 0.0816. The molecule has 0 aromatic carbocycles. The Bertz CT molecular complexity index is 414. The molecule has 20 heavy (non-hydrogen) atoms. The molecule has 108 valence electrons. The summed E-state index contributed by atoms with van der Waals surface area (Å²) in [7, 11) is 0. The second kappa shape index (κ2) is 4.84. The number of hydrogen-bond acceptors (Lipinski definition) is 3. The van der Waals surface area contributed by atoms with Gasteiger partial charge in [0.1, 0.15) is 11.8 Å². The predicted molar refractivity (Wildman–Crippen MR) is 75.8 cm³/mol. The highest BCUT2D eigenvalue weighted by atomic mass is 16.1. The summed E-state index contributed by atoms with van der Waals surface area (Å²) >= 11 is 0. The third-order valence-corrected chi connectivity index (χ3v) is 6.55. The smallest absolute Gasteiger partial charge is 0.135 e. The molecule has 3 heteroatoms. The van der Waals surface area contributed by atoms with Crippen LogP contribution in [0, 0.1) is 40.9 Å². The first-order valence-electron chi connectivity index (χ1n) is 8.40. The molecule has 1 saturated heterocycles. The Morgan fingerprint density at radius 2 is 1.55 bits per heavy atom. The summed E-state index contributed by atoms with van der Waals surface area (Å²) in [5.74, 6) is 4.51. The molecular weight excluding hydrogens is 248 g/mol. The van der Waals surface area contributed by atoms with Gasteiger partial charge < -0.3 is 0 Å². The van der Waals surface area contributed by atoms with E-state index in [-0.39, 0.29) is 6.04 Å². The van der Waals surface area contributed by atoms with E-state index in [1.54, 1.807) is 0 Å². The molecule has 4 aliphatic carbocycles. The van der Waals surface area contributed by atoms with Crippen molar-refractivity contribution in [3.05, 3.63) is 0 Å². The number of rotatable bonds is 2. The highest BCUT2D eigenvalue weighted by Gasteiger charge is 2.51. The molecule has 1 unspecified atom stereocenters. The highest BCUT2D eigenvalue weighted by molar-refractivity contribution is 5.79. The van der Waals surface area contributed by atoms with Gasteiger partial charge >= 0.3 is 0 Å². The van der Waals surface area contributed by atoms with E-state index in [4.69, 9.17) is 0 Å². The quantitative estimate of drug-likeness (QED) is 0.776. The summed E-state index contributed by atoms with van der Waals surface area (Å²) in [4.78, 5) is 13.8. The molecular formula is C17H24N2O. The molecule has 1 aliphatic heterocycles. The third kappa shape index (κ3) is 2.00. The van der Waals surface area contributed by atoms with Crippen molar-refractivity contribution < 1.29 is 4.79 Å². The topological polar surface area (TPSA) is 44.1 Å². The molecule has 5 rings (SSSR count). The fourth-order valence-corrected chi connectivity index (χ4v) is 5.95. The van der Waals surface area contributed by atoms with Crippen LogP contribution in [0.15, 0.2) is 0 Å². The van der Waals surface area contributed by atoms with Gasteiger partial charge in [-0.15, -0.1) is 0 Å². The normalized spacial score (nSPS) is 45.4. The fraction of sp³-hybridized carbons (Fsp3) is 0.882. The SMILES string of the molecule is N#CC(C1C2CC3CC(C2)CC1C3)N1CCC(=O)CC1. The molecule has 4 saturated carbocycles. The molecule has 0 N–H and O–H groups in total. The first kappa shape index (κ1) is 12.8. The van der Waals surface area contributed by atoms with E-state index in [0.29, 0.717) is 24.5 Å². The molecule has 0 amide bonds. The van der Waals surface area contributed by atoms with Gasteiger partial charge in [-0.05, 0) is 61.7 Å². The average molecular weight is 272 g/mol. The maximum atomic E-state index is 11.4. The average Bonchev–Trinajstić information content (AvgIpc) is 2.43. The second-order valence-corrected chi connectivity index (χ2v) is 7.66. The molecule has 1 atom stereocenters. The van der Waals surface area contributed by atoms with Gasteiger partial charge in [-0.25, -0.2) is 0 Å². The second-order valence-electron chi connectivity index (χ2n) is 7.66. The number of Topliss-reactive ketones (excluding diaryl/α,β-unsaturated/α-hetero) is 1. The van der Waals surface area contributed by atoms with Crippen molar-refractivity contribution in [2.75, 3.05) is 13.1 Å². The minimum atomic E-state index is 0.0816. The third-order valence-electron chi connectivity index (χ3n) is 6.55. The van der Waals surface area contributed by atoms with E-state index in [2.05, 4.69) is 11.0 Å². The molecule has 3 nitrogen and oxygen atoms in total. The number of likely N-dealkylation sites (tertiary alicyclic amines) is 1. The Hall–Kier alpha value is -0.880. The Kier molecular flexibility index (Phi) is 3.11. The molecule has 0 aromatic rings. The standard InChI is InChI=1S/C17H24N2O/c18-10-16(19-3-1-15(20)2-4-19)17-13-6-11-5-12(8-13)9-14(17)7-11/h11-14,16-17H,1-9H2. The maximum absolute atomic E-state index is 11.4. The lowest BCUT2D eigenvalue weighted by molar-refractivity contribution is -0.123. The lowest BCUT2D eigenvalue weighted by Gasteiger charge is -2.56. The van der Waals surface area contributed by atoms with Crippen molar-refractivity contribution in [1.29, 1.82) is 5.26 Å². The highest BCUT2D eigenvalue weighted by Crippen LogP contribution is 2.57. The lowest BCUT2D eigenvalue weighted by Crippen LogP contribution is -2.55. The number of carbonyl (C=O) groups is 1. The Balaban J connectivity index is 1.53. The van der Waals surface area contributed by atoms with Crippen molar-refractivity contribution in [1.82, 2.24) is 4.90 Å². The van der Waals surface area contributed by atoms with Gasteiger partial charge in [0.05, 0.1) is 6.07 Å². The molecule has 4 bridgehead atoms. The zero-order chi connectivity index (χ0) is 13.7. The number of hydrogen-bond donors (Lipinski definition) is 0. The van der Waals surface area contributed by atoms with Crippen molar-refractivity contribution >= 4 is 5.78 Å². The molecule has 0 radical (unpaired) electrons. The van der Waals surface area contributed by atoms with Crippen molar-refractivity contribution in [2.45, 2.75) is 51.0 Å². The van der Waals surface area contributed by atoms with E-state index in [0.717, 1.165) is 36.8 Å². The fourth-order valence-electron chi connectivity index (χ4n) is 5.95. The molecule has 5 aliphatic rings. The first-order chi connectivity index (χ1) is 9.74. The van der Waals surface area contributed by atoms with Crippen molar-refractivity contribution in [3.8, 4) is 6.07 Å². The van der Waals surface area contributed by atoms with Gasteiger partial charge in [-0.1, -0.05) is 0 Å². The van der Waals surface area contributed by atoms with Crippen LogP contribution in [0.4, 0.5) is 0 Å². The van der Waals surface area contributed by atoms with Gasteiger partial charge in [0.2, 0.25) is 0 Å². The van der Waals surface area contributed by atoms with Crippen LogP contribution in [0.3, 0.4) is 0 Å². The molecule has 1 heterocycles. The summed E-state index contributed by atoms with van der Waals surface area (Å²) in [6.45, 7) is 1.64. The molecule has 5 fully saturated rings. The van der Waals surface area contributed by atoms with E-state index in [1.807, 2.05) is 0 Å². The number of piperidine rings is 1. The van der Waals surface area contributed by atoms with Gasteiger partial charge in [-0.3, -0.25) is 9.69 Å². The minimum Gasteiger partial charge on any atom is -0.300 e. The van der Waals surface area contributed by atoms with Gasteiger partial charge in [0.25, 0.3) is 0 Å². The number of carbonyl (C=O) groups excluding carboxylic acids is 1. The maximum Gasteiger partial charge on any atom is 0.135 e. The van der Waals surface area contributed by atoms with Gasteiger partial charge in [-0.2, -0.15) is 5.26 Å². The van der Waals surface area contributed by atoms with Crippen LogP contribution in [0.25, 0.3) is 0 Å². The van der Waals surface area contributed by atoms with E-state index in [9.17, 15) is 10.1 Å². The van der Waals surface area contributed by atoms with Crippen LogP contribution in [-0.4, -0.2) is 29.8 Å². The zero-order valence-corrected chi connectivity index (χ0v) is 12.1. The summed E-state index contributed by atoms with van der Waals surface area (Å²) in [6.07, 6.45) is 8.29. The first-order valence-corrected chi connectivity index (χ1v) is 8.40. The van der Waals surface area contributed by atoms with Gasteiger partial charge in [0, 0.05) is 25.9 Å². The summed E-state index contributed by atoms with van der Waals surface area (Å²) in [5, 5.41) is 9.75. The van der Waals surface area contributed by atoms with Crippen LogP contribution in [-0.2, 0) is 4.79 Å². The molecule has 0 spiro atoms. The predicted octanol–water partition coefficient (Wildman–Crippen LogP) is 2.62. The van der Waals surface area contributed by atoms with Crippen LogP contribution in [0.1, 0.15) is 44.9 Å². The number of ketones is 1. The Morgan fingerprint density at radius 3 is 2.05 bits per heavy atom. The van der Waals surface area contributed by atoms with E-state index >= 15 is 0 Å². The largest absolute Gasteiger partial charge is 0.300 e. The van der Waals surface area contributed by atoms with E-state index < -0.39 is 0 Å². The van der Waals surface area contributed by atoms with E-state index in [1.165, 1.54) is 32.1 Å². The zero-order valence-electron chi connectivity index (χ0n) is 12.1.